The van der Waals surface area contributed by atoms with Gasteiger partial charge in [-0.25, -0.2) is 0 Å². The summed E-state index contributed by atoms with van der Waals surface area (Å²) >= 11 is 21.3. The van der Waals surface area contributed by atoms with Gasteiger partial charge in [-0.15, -0.1) is 0 Å². The molecule has 0 atom stereocenters. The molecule has 2 nitrogen and oxygen atoms in total. The van der Waals surface area contributed by atoms with E-state index in [2.05, 4.69) is 104 Å². The van der Waals surface area contributed by atoms with Crippen molar-refractivity contribution < 1.29 is 0 Å². The molecule has 41 heavy (non-hydrogen) atoms. The van der Waals surface area contributed by atoms with Crippen LogP contribution in [0, 0.1) is 55.4 Å². The summed E-state index contributed by atoms with van der Waals surface area (Å²) in [7, 11) is 0. The van der Waals surface area contributed by atoms with Gasteiger partial charge >= 0.3 is 37.7 Å². The van der Waals surface area contributed by atoms with E-state index in [1.165, 1.54) is 44.5 Å². The van der Waals surface area contributed by atoms with Gasteiger partial charge in [0.1, 0.15) is 0 Å². The SMILES string of the molecule is Cc1cccc(N(C(=S)[S-])c2cccc(C)c2C)c1C.Cc1cccc(N(C(=S)[S-])c2cccc(C)c2C)c1C.[Ca+2]. The van der Waals surface area contributed by atoms with Gasteiger partial charge < -0.3 is 59.5 Å². The molecule has 7 heteroatoms. The van der Waals surface area contributed by atoms with Gasteiger partial charge in [0.05, 0.1) is 0 Å². The van der Waals surface area contributed by atoms with Gasteiger partial charge in [-0.2, -0.15) is 0 Å². The van der Waals surface area contributed by atoms with E-state index in [9.17, 15) is 0 Å². The predicted molar refractivity (Wildman–Crippen MR) is 194 cm³/mol. The van der Waals surface area contributed by atoms with Gasteiger partial charge in [-0.05, 0) is 124 Å². The number of anilines is 4. The van der Waals surface area contributed by atoms with Crippen LogP contribution in [0.2, 0.25) is 0 Å². The van der Waals surface area contributed by atoms with E-state index in [1.807, 2.05) is 34.1 Å². The summed E-state index contributed by atoms with van der Waals surface area (Å²) < 4.78 is 0.903. The molecule has 4 rings (SSSR count). The van der Waals surface area contributed by atoms with Crippen LogP contribution in [0.1, 0.15) is 44.5 Å². The fourth-order valence-corrected chi connectivity index (χ4v) is 5.35. The Morgan fingerprint density at radius 3 is 0.805 bits per heavy atom. The number of hydrogen-bond donors (Lipinski definition) is 0. The smallest absolute Gasteiger partial charge is 0.411 e. The van der Waals surface area contributed by atoms with Crippen molar-refractivity contribution in [3.05, 3.63) is 117 Å². The Bertz CT molecular complexity index is 1340. The first-order chi connectivity index (χ1) is 18.9. The van der Waals surface area contributed by atoms with E-state index in [-0.39, 0.29) is 37.7 Å². The molecule has 0 aromatic heterocycles. The normalized spacial score (nSPS) is 10.1. The second-order valence-corrected chi connectivity index (χ2v) is 12.1. The second kappa shape index (κ2) is 15.7. The molecule has 0 aliphatic heterocycles. The summed E-state index contributed by atoms with van der Waals surface area (Å²) in [5, 5.41) is 0. The van der Waals surface area contributed by atoms with Crippen molar-refractivity contribution in [3.8, 4) is 0 Å². The van der Waals surface area contributed by atoms with Crippen molar-refractivity contribution in [2.45, 2.75) is 55.4 Å². The molecule has 0 saturated carbocycles. The molecule has 4 aromatic rings. The third-order valence-corrected chi connectivity index (χ3v) is 8.36. The zero-order valence-electron chi connectivity index (χ0n) is 25.2. The van der Waals surface area contributed by atoms with Crippen LogP contribution in [-0.2, 0) is 25.3 Å². The van der Waals surface area contributed by atoms with Gasteiger partial charge in [0, 0.05) is 22.7 Å². The minimum Gasteiger partial charge on any atom is -0.411 e. The fourth-order valence-electron chi connectivity index (χ4n) is 4.56. The van der Waals surface area contributed by atoms with Crippen molar-refractivity contribution in [2.75, 3.05) is 9.80 Å². The first kappa shape index (κ1) is 35.6. The average molecular weight is 641 g/mol. The number of nitrogens with zero attached hydrogens (tertiary/aromatic N) is 2. The van der Waals surface area contributed by atoms with Crippen LogP contribution in [-0.4, -0.2) is 46.4 Å². The topological polar surface area (TPSA) is 6.48 Å². The molecule has 0 bridgehead atoms. The van der Waals surface area contributed by atoms with Crippen LogP contribution in [0.3, 0.4) is 0 Å². The molecule has 208 valence electrons. The van der Waals surface area contributed by atoms with Gasteiger partial charge in [0.15, 0.2) is 0 Å². The molecule has 0 fully saturated rings. The van der Waals surface area contributed by atoms with Crippen LogP contribution in [0.5, 0.6) is 0 Å². The van der Waals surface area contributed by atoms with Crippen LogP contribution in [0.4, 0.5) is 22.7 Å². The molecule has 0 saturated heterocycles. The molecule has 4 aromatic carbocycles. The number of hydrogen-bond acceptors (Lipinski definition) is 4. The average Bonchev–Trinajstić information content (AvgIpc) is 2.89. The Labute approximate surface area is 298 Å². The van der Waals surface area contributed by atoms with Gasteiger partial charge in [-0.3, -0.25) is 0 Å². The van der Waals surface area contributed by atoms with Crippen LogP contribution < -0.4 is 9.80 Å². The molecule has 0 radical (unpaired) electrons. The van der Waals surface area contributed by atoms with Crippen molar-refractivity contribution in [1.82, 2.24) is 0 Å². The number of benzene rings is 4. The summed E-state index contributed by atoms with van der Waals surface area (Å²) in [6.45, 7) is 16.8. The minimum absolute atomic E-state index is 0. The van der Waals surface area contributed by atoms with Crippen molar-refractivity contribution in [2.24, 2.45) is 0 Å². The van der Waals surface area contributed by atoms with E-state index in [0.717, 1.165) is 22.7 Å². The summed E-state index contributed by atoms with van der Waals surface area (Å²) in [4.78, 5) is 3.99. The Hall–Kier alpha value is -1.64. The van der Waals surface area contributed by atoms with E-state index < -0.39 is 0 Å². The van der Waals surface area contributed by atoms with Crippen molar-refractivity contribution in [3.63, 3.8) is 0 Å². The Morgan fingerprint density at radius 2 is 0.634 bits per heavy atom. The standard InChI is InChI=1S/2C17H19NS2.Ca/c2*1-11-7-5-9-15(13(11)3)18(17(19)20)16-10-6-8-12(2)14(16)4;/h2*5-10H,1-4H3,(H,19,20);/q;;+2/p-2. The second-order valence-electron chi connectivity index (χ2n) is 10.1. The molecule has 0 unspecified atom stereocenters. The molecule has 0 N–H and O–H groups in total. The zero-order chi connectivity index (χ0) is 29.7. The molecule has 0 spiro atoms. The Morgan fingerprint density at radius 1 is 0.439 bits per heavy atom. The molecular weight excluding hydrogens is 605 g/mol. The molecule has 0 amide bonds. The van der Waals surface area contributed by atoms with E-state index >= 15 is 0 Å². The molecule has 0 heterocycles. The number of thiocarbonyl (C=S) groups is 2. The molecular formula is C34H36CaN2S4. The number of aryl methyl sites for hydroxylation is 4. The summed E-state index contributed by atoms with van der Waals surface area (Å²) in [6, 6.07) is 24.9. The Kier molecular flexibility index (Phi) is 13.6. The van der Waals surface area contributed by atoms with E-state index in [0.29, 0.717) is 8.64 Å². The van der Waals surface area contributed by atoms with E-state index in [1.54, 1.807) is 0 Å². The van der Waals surface area contributed by atoms with Crippen molar-refractivity contribution >= 4 is 119 Å². The van der Waals surface area contributed by atoms with E-state index in [4.69, 9.17) is 49.7 Å². The first-order valence-electron chi connectivity index (χ1n) is 13.1. The van der Waals surface area contributed by atoms with Crippen molar-refractivity contribution in [1.29, 1.82) is 0 Å². The summed E-state index contributed by atoms with van der Waals surface area (Å²) in [5.41, 5.74) is 14.1. The first-order valence-corrected chi connectivity index (χ1v) is 14.8. The third-order valence-electron chi connectivity index (χ3n) is 7.63. The van der Waals surface area contributed by atoms with Gasteiger partial charge in [-0.1, -0.05) is 57.2 Å². The van der Waals surface area contributed by atoms with Gasteiger partial charge in [0.25, 0.3) is 0 Å². The van der Waals surface area contributed by atoms with Crippen LogP contribution in [0.15, 0.2) is 72.8 Å². The third kappa shape index (κ3) is 8.26. The maximum Gasteiger partial charge on any atom is 2.00 e. The maximum atomic E-state index is 5.33. The predicted octanol–water partition coefficient (Wildman–Crippen LogP) is 9.40. The Balaban J connectivity index is 0.000000280. The van der Waals surface area contributed by atoms with Crippen LogP contribution >= 0.6 is 24.4 Å². The van der Waals surface area contributed by atoms with Crippen LogP contribution in [0.25, 0.3) is 0 Å². The minimum atomic E-state index is 0. The quantitative estimate of drug-likeness (QED) is 0.124. The molecule has 0 aliphatic carbocycles. The summed E-state index contributed by atoms with van der Waals surface area (Å²) in [6.07, 6.45) is 0. The van der Waals surface area contributed by atoms with Gasteiger partial charge in [0.2, 0.25) is 0 Å². The summed E-state index contributed by atoms with van der Waals surface area (Å²) in [5.74, 6) is 0. The fraction of sp³-hybridized carbons (Fsp3) is 0.235. The maximum absolute atomic E-state index is 5.33. The zero-order valence-corrected chi connectivity index (χ0v) is 30.6. The largest absolute Gasteiger partial charge is 2.00 e. The number of rotatable bonds is 4. The molecule has 0 aliphatic rings. The monoisotopic (exact) mass is 640 g/mol.